The highest BCUT2D eigenvalue weighted by Gasteiger charge is 2.16. The summed E-state index contributed by atoms with van der Waals surface area (Å²) in [4.78, 5) is 2.04. The van der Waals surface area contributed by atoms with Crippen LogP contribution in [0.3, 0.4) is 0 Å². The van der Waals surface area contributed by atoms with Crippen LogP contribution in [0.2, 0.25) is 0 Å². The molecule has 1 saturated heterocycles. The largest absolute Gasteiger partial charge is 0.374 e. The minimum Gasteiger partial charge on any atom is -0.374 e. The van der Waals surface area contributed by atoms with Crippen molar-refractivity contribution in [1.82, 2.24) is 30.6 Å². The van der Waals surface area contributed by atoms with Gasteiger partial charge in [0.15, 0.2) is 11.5 Å². The lowest BCUT2D eigenvalue weighted by Crippen LogP contribution is -2.44. The Bertz CT molecular complexity index is 522. The minimum atomic E-state index is 0.190. The second-order valence-corrected chi connectivity index (χ2v) is 4.30. The van der Waals surface area contributed by atoms with Crippen LogP contribution in [0.15, 0.2) is 12.1 Å². The molecule has 2 aromatic rings. The molecule has 1 atom stereocenters. The van der Waals surface area contributed by atoms with E-state index < -0.39 is 0 Å². The van der Waals surface area contributed by atoms with E-state index in [9.17, 15) is 0 Å². The molecule has 8 nitrogen and oxygen atoms in total. The second-order valence-electron chi connectivity index (χ2n) is 4.30. The van der Waals surface area contributed by atoms with Crippen LogP contribution >= 0.6 is 0 Å². The summed E-state index contributed by atoms with van der Waals surface area (Å²) in [7, 11) is 1.98. The predicted molar refractivity (Wildman–Crippen MR) is 64.5 cm³/mol. The highest BCUT2D eigenvalue weighted by molar-refractivity contribution is 5.43. The topological polar surface area (TPSA) is 80.5 Å². The maximum atomic E-state index is 5.66. The fourth-order valence-electron chi connectivity index (χ4n) is 1.98. The van der Waals surface area contributed by atoms with Gasteiger partial charge in [-0.1, -0.05) is 0 Å². The number of nitrogens with zero attached hydrogens (tertiary/aromatic N) is 6. The van der Waals surface area contributed by atoms with Crippen molar-refractivity contribution in [3.8, 4) is 0 Å². The lowest BCUT2D eigenvalue weighted by Gasteiger charge is -2.28. The fourth-order valence-corrected chi connectivity index (χ4v) is 1.98. The number of nitrogens with one attached hydrogen (secondary N) is 1. The maximum Gasteiger partial charge on any atom is 0.200 e. The second kappa shape index (κ2) is 4.83. The molecule has 18 heavy (non-hydrogen) atoms. The number of likely N-dealkylation sites (N-methyl/N-ethyl adjacent to an activating group) is 1. The van der Waals surface area contributed by atoms with Crippen LogP contribution in [0, 0.1) is 0 Å². The SMILES string of the molecule is CN(CC1CNCCO1)c1ccc2nnnn2n1. The Labute approximate surface area is 104 Å². The molecule has 1 fully saturated rings. The van der Waals surface area contributed by atoms with Crippen LogP contribution in [-0.4, -0.2) is 64.6 Å². The highest BCUT2D eigenvalue weighted by atomic mass is 16.5. The number of anilines is 1. The van der Waals surface area contributed by atoms with Gasteiger partial charge in [0, 0.05) is 26.7 Å². The molecular formula is C10H15N7O. The third-order valence-electron chi connectivity index (χ3n) is 2.93. The number of hydrogen-bond donors (Lipinski definition) is 1. The average Bonchev–Trinajstić information content (AvgIpc) is 2.87. The van der Waals surface area contributed by atoms with E-state index in [0.29, 0.717) is 5.65 Å². The molecule has 1 N–H and O–H groups in total. The van der Waals surface area contributed by atoms with E-state index >= 15 is 0 Å². The van der Waals surface area contributed by atoms with Crippen molar-refractivity contribution in [2.24, 2.45) is 0 Å². The normalized spacial score (nSPS) is 20.2. The van der Waals surface area contributed by atoms with Gasteiger partial charge in [-0.2, -0.15) is 0 Å². The first-order valence-corrected chi connectivity index (χ1v) is 5.92. The highest BCUT2D eigenvalue weighted by Crippen LogP contribution is 2.10. The summed E-state index contributed by atoms with van der Waals surface area (Å²) < 4.78 is 7.09. The number of morpholine rings is 1. The van der Waals surface area contributed by atoms with E-state index in [1.165, 1.54) is 4.63 Å². The van der Waals surface area contributed by atoms with Crippen LogP contribution in [0.4, 0.5) is 5.82 Å². The summed E-state index contributed by atoms with van der Waals surface area (Å²) in [5.41, 5.74) is 0.641. The molecule has 3 heterocycles. The Morgan fingerprint density at radius 1 is 1.56 bits per heavy atom. The molecule has 0 spiro atoms. The number of tetrazole rings is 1. The average molecular weight is 249 g/mol. The molecule has 2 aromatic heterocycles. The van der Waals surface area contributed by atoms with E-state index in [1.54, 1.807) is 0 Å². The van der Waals surface area contributed by atoms with E-state index in [2.05, 4.69) is 25.9 Å². The number of ether oxygens (including phenoxy) is 1. The van der Waals surface area contributed by atoms with Gasteiger partial charge in [0.2, 0.25) is 0 Å². The van der Waals surface area contributed by atoms with E-state index in [4.69, 9.17) is 4.74 Å². The molecule has 0 saturated carbocycles. The van der Waals surface area contributed by atoms with Crippen molar-refractivity contribution >= 4 is 11.5 Å². The van der Waals surface area contributed by atoms with Gasteiger partial charge < -0.3 is 15.0 Å². The van der Waals surface area contributed by atoms with Crippen molar-refractivity contribution in [2.45, 2.75) is 6.10 Å². The zero-order valence-corrected chi connectivity index (χ0v) is 10.2. The van der Waals surface area contributed by atoms with Crippen molar-refractivity contribution in [1.29, 1.82) is 0 Å². The maximum absolute atomic E-state index is 5.66. The first kappa shape index (κ1) is 11.3. The summed E-state index contributed by atoms with van der Waals surface area (Å²) in [5.74, 6) is 0.823. The van der Waals surface area contributed by atoms with Crippen molar-refractivity contribution in [2.75, 3.05) is 38.2 Å². The Balaban J connectivity index is 1.72. The van der Waals surface area contributed by atoms with Crippen LogP contribution < -0.4 is 10.2 Å². The summed E-state index contributed by atoms with van der Waals surface area (Å²) in [6.07, 6.45) is 0.190. The quantitative estimate of drug-likeness (QED) is 0.743. The first-order chi connectivity index (χ1) is 8.83. The summed E-state index contributed by atoms with van der Waals surface area (Å²) in [6.45, 7) is 3.35. The molecule has 0 bridgehead atoms. The minimum absolute atomic E-state index is 0.190. The lowest BCUT2D eigenvalue weighted by atomic mass is 10.3. The van der Waals surface area contributed by atoms with Crippen LogP contribution in [0.5, 0.6) is 0 Å². The molecule has 1 aliphatic heterocycles. The van der Waals surface area contributed by atoms with Crippen molar-refractivity contribution in [3.63, 3.8) is 0 Å². The fraction of sp³-hybridized carbons (Fsp3) is 0.600. The Morgan fingerprint density at radius 2 is 2.50 bits per heavy atom. The molecule has 8 heteroatoms. The molecule has 96 valence electrons. The number of rotatable bonds is 3. The van der Waals surface area contributed by atoms with Gasteiger partial charge in [0.25, 0.3) is 0 Å². The van der Waals surface area contributed by atoms with Crippen molar-refractivity contribution < 1.29 is 4.74 Å². The molecule has 0 amide bonds. The zero-order chi connectivity index (χ0) is 12.4. The van der Waals surface area contributed by atoms with Gasteiger partial charge in [0.1, 0.15) is 0 Å². The molecule has 3 rings (SSSR count). The molecule has 1 unspecified atom stereocenters. The monoisotopic (exact) mass is 249 g/mol. The van der Waals surface area contributed by atoms with Gasteiger partial charge in [-0.15, -0.1) is 14.8 Å². The van der Waals surface area contributed by atoms with Gasteiger partial charge in [0.05, 0.1) is 12.7 Å². The van der Waals surface area contributed by atoms with Crippen LogP contribution in [0.1, 0.15) is 0 Å². The Hall–Kier alpha value is -1.80. The van der Waals surface area contributed by atoms with Crippen LogP contribution in [-0.2, 0) is 4.74 Å². The van der Waals surface area contributed by atoms with Crippen LogP contribution in [0.25, 0.3) is 5.65 Å². The number of hydrogen-bond acceptors (Lipinski definition) is 7. The van der Waals surface area contributed by atoms with E-state index in [1.807, 2.05) is 24.1 Å². The lowest BCUT2D eigenvalue weighted by molar-refractivity contribution is 0.0339. The van der Waals surface area contributed by atoms with Gasteiger partial charge in [-0.25, -0.2) is 0 Å². The molecule has 0 aromatic carbocycles. The molecule has 0 radical (unpaired) electrons. The molecule has 1 aliphatic rings. The summed E-state index contributed by atoms with van der Waals surface area (Å²) in [6, 6.07) is 3.75. The smallest absolute Gasteiger partial charge is 0.200 e. The number of fused-ring (bicyclic) bond motifs is 1. The van der Waals surface area contributed by atoms with Gasteiger partial charge in [-0.05, 0) is 22.6 Å². The first-order valence-electron chi connectivity index (χ1n) is 5.92. The standard InChI is InChI=1S/C10H15N7O/c1-16(7-8-6-11-4-5-18-8)10-3-2-9-12-14-15-17(9)13-10/h2-3,8,11H,4-7H2,1H3. The predicted octanol–water partition coefficient (Wildman–Crippen LogP) is -1.06. The molecular weight excluding hydrogens is 234 g/mol. The van der Waals surface area contributed by atoms with E-state index in [0.717, 1.165) is 32.1 Å². The zero-order valence-electron chi connectivity index (χ0n) is 10.2. The van der Waals surface area contributed by atoms with Gasteiger partial charge in [-0.3, -0.25) is 0 Å². The molecule has 0 aliphatic carbocycles. The third kappa shape index (κ3) is 2.24. The Kier molecular flexibility index (Phi) is 3.03. The van der Waals surface area contributed by atoms with Gasteiger partial charge >= 0.3 is 0 Å². The number of aromatic nitrogens is 5. The van der Waals surface area contributed by atoms with E-state index in [-0.39, 0.29) is 6.10 Å². The summed E-state index contributed by atoms with van der Waals surface area (Å²) >= 11 is 0. The van der Waals surface area contributed by atoms with Crippen molar-refractivity contribution in [3.05, 3.63) is 12.1 Å². The Morgan fingerprint density at radius 3 is 3.33 bits per heavy atom. The summed E-state index contributed by atoms with van der Waals surface area (Å²) in [5, 5.41) is 18.8. The third-order valence-corrected chi connectivity index (χ3v) is 2.93.